The van der Waals surface area contributed by atoms with Gasteiger partial charge in [-0.1, -0.05) is 13.0 Å². The molecule has 2 fully saturated rings. The Morgan fingerprint density at radius 3 is 2.36 bits per heavy atom. The topological polar surface area (TPSA) is 18.5 Å². The molecule has 2 saturated carbocycles. The van der Waals surface area contributed by atoms with E-state index in [9.17, 15) is 0 Å². The van der Waals surface area contributed by atoms with Gasteiger partial charge in [0, 0.05) is 0 Å². The minimum absolute atomic E-state index is 0.403. The van der Waals surface area contributed by atoms with Gasteiger partial charge in [-0.2, -0.15) is 0 Å². The molecule has 0 bridgehead atoms. The number of fused-ring (bicyclic) bond motifs is 5. The van der Waals surface area contributed by atoms with Gasteiger partial charge in [0.2, 0.25) is 8.32 Å². The molecule has 5 atom stereocenters. The van der Waals surface area contributed by atoms with Crippen molar-refractivity contribution in [1.29, 1.82) is 0 Å². The molecule has 1 aromatic carbocycles. The first-order valence-corrected chi connectivity index (χ1v) is 18.3. The fourth-order valence-electron chi connectivity index (χ4n) is 6.55. The van der Waals surface area contributed by atoms with E-state index >= 15 is 0 Å². The molecule has 3 aliphatic carbocycles. The Morgan fingerprint density at radius 2 is 1.68 bits per heavy atom. The Hall–Kier alpha value is -0.586. The number of hydrogen-bond acceptors (Lipinski definition) is 2. The first-order valence-electron chi connectivity index (χ1n) is 11.5. The van der Waals surface area contributed by atoms with Crippen molar-refractivity contribution in [2.24, 2.45) is 17.3 Å². The summed E-state index contributed by atoms with van der Waals surface area (Å²) in [6, 6.07) is 7.03. The van der Waals surface area contributed by atoms with Crippen LogP contribution in [0.25, 0.3) is 0 Å². The molecule has 1 aromatic rings. The molecule has 0 amide bonds. The minimum atomic E-state index is -1.54. The minimum Gasteiger partial charge on any atom is -0.544 e. The summed E-state index contributed by atoms with van der Waals surface area (Å²) in [4.78, 5) is 0. The maximum absolute atomic E-state index is 6.71. The Bertz CT molecular complexity index is 733. The molecule has 156 valence electrons. The van der Waals surface area contributed by atoms with Crippen LogP contribution in [0.1, 0.15) is 56.1 Å². The third-order valence-electron chi connectivity index (χ3n) is 7.53. The molecular formula is C24H40O2Si2. The SMILES string of the molecule is CC12CCC3c4ccc(O[Si](C)(C)C)cc4CCC3C1CC[C@@H]2O[Si](C)(C)C. The summed E-state index contributed by atoms with van der Waals surface area (Å²) in [7, 11) is -3.03. The standard InChI is InChI=1S/C24H40O2Si2/c1-24-15-14-20-19-11-9-18(25-27(2,3)4)16-17(19)8-10-21(20)22(24)12-13-23(24)26-28(5,6)7/h9,11,16,20-23H,8,10,12-15H2,1-7H3/t20?,21?,22?,23-,24?/m0/s1. The van der Waals surface area contributed by atoms with Crippen molar-refractivity contribution >= 4 is 16.6 Å². The van der Waals surface area contributed by atoms with Gasteiger partial charge in [-0.3, -0.25) is 0 Å². The second-order valence-electron chi connectivity index (χ2n) is 11.8. The van der Waals surface area contributed by atoms with E-state index in [1.165, 1.54) is 38.5 Å². The summed E-state index contributed by atoms with van der Waals surface area (Å²) >= 11 is 0. The zero-order chi connectivity index (χ0) is 20.3. The van der Waals surface area contributed by atoms with Crippen LogP contribution in [0.2, 0.25) is 39.3 Å². The molecule has 3 aliphatic rings. The third kappa shape index (κ3) is 3.89. The van der Waals surface area contributed by atoms with Crippen LogP contribution in [-0.2, 0) is 10.8 Å². The van der Waals surface area contributed by atoms with Gasteiger partial charge in [-0.25, -0.2) is 0 Å². The third-order valence-corrected chi connectivity index (χ3v) is 9.37. The first-order chi connectivity index (χ1) is 13.0. The Balaban J connectivity index is 1.56. The van der Waals surface area contributed by atoms with Crippen LogP contribution in [0.5, 0.6) is 5.75 Å². The largest absolute Gasteiger partial charge is 0.544 e. The number of aryl methyl sites for hydroxylation is 1. The molecule has 0 aliphatic heterocycles. The van der Waals surface area contributed by atoms with Crippen LogP contribution in [0.15, 0.2) is 18.2 Å². The van der Waals surface area contributed by atoms with Gasteiger partial charge in [0.1, 0.15) is 5.75 Å². The monoisotopic (exact) mass is 416 g/mol. The van der Waals surface area contributed by atoms with Crippen molar-refractivity contribution in [3.63, 3.8) is 0 Å². The molecule has 0 N–H and O–H groups in total. The Kier molecular flexibility index (Phi) is 5.16. The molecular weight excluding hydrogens is 376 g/mol. The molecule has 0 aromatic heterocycles. The van der Waals surface area contributed by atoms with Crippen LogP contribution >= 0.6 is 0 Å². The van der Waals surface area contributed by atoms with Crippen LogP contribution in [0.3, 0.4) is 0 Å². The Morgan fingerprint density at radius 1 is 0.929 bits per heavy atom. The van der Waals surface area contributed by atoms with E-state index in [-0.39, 0.29) is 0 Å². The van der Waals surface area contributed by atoms with Crippen LogP contribution in [0.4, 0.5) is 0 Å². The zero-order valence-electron chi connectivity index (χ0n) is 19.1. The predicted octanol–water partition coefficient (Wildman–Crippen LogP) is 6.98. The van der Waals surface area contributed by atoms with Gasteiger partial charge < -0.3 is 8.85 Å². The van der Waals surface area contributed by atoms with Crippen LogP contribution in [0, 0.1) is 17.3 Å². The number of hydrogen-bond donors (Lipinski definition) is 0. The van der Waals surface area contributed by atoms with E-state index in [1.54, 1.807) is 11.1 Å². The lowest BCUT2D eigenvalue weighted by Crippen LogP contribution is -2.47. The van der Waals surface area contributed by atoms with Crippen molar-refractivity contribution in [3.8, 4) is 5.75 Å². The maximum atomic E-state index is 6.71. The lowest BCUT2D eigenvalue weighted by atomic mass is 9.55. The molecule has 4 heteroatoms. The summed E-state index contributed by atoms with van der Waals surface area (Å²) in [6.45, 7) is 16.4. The van der Waals surface area contributed by atoms with Gasteiger partial charge in [0.15, 0.2) is 8.32 Å². The molecule has 0 spiro atoms. The van der Waals surface area contributed by atoms with Crippen molar-refractivity contribution in [1.82, 2.24) is 0 Å². The van der Waals surface area contributed by atoms with Crippen LogP contribution in [-0.4, -0.2) is 22.7 Å². The predicted molar refractivity (Wildman–Crippen MR) is 123 cm³/mol. The highest BCUT2D eigenvalue weighted by Gasteiger charge is 2.55. The van der Waals surface area contributed by atoms with Crippen molar-refractivity contribution < 1.29 is 8.85 Å². The summed E-state index contributed by atoms with van der Waals surface area (Å²) in [5.74, 6) is 3.55. The van der Waals surface area contributed by atoms with E-state index in [4.69, 9.17) is 8.85 Å². The molecule has 4 rings (SSSR count). The second-order valence-corrected chi connectivity index (χ2v) is 20.7. The average molecular weight is 417 g/mol. The Labute approximate surface area is 174 Å². The summed E-state index contributed by atoms with van der Waals surface area (Å²) in [5.41, 5.74) is 3.60. The van der Waals surface area contributed by atoms with Crippen molar-refractivity contribution in [2.75, 3.05) is 0 Å². The molecule has 28 heavy (non-hydrogen) atoms. The highest BCUT2D eigenvalue weighted by atomic mass is 28.4. The van der Waals surface area contributed by atoms with Gasteiger partial charge >= 0.3 is 0 Å². The van der Waals surface area contributed by atoms with E-state index in [1.807, 2.05) is 0 Å². The summed E-state index contributed by atoms with van der Waals surface area (Å²) < 4.78 is 13.0. The van der Waals surface area contributed by atoms with E-state index < -0.39 is 16.6 Å². The second kappa shape index (κ2) is 6.99. The zero-order valence-corrected chi connectivity index (χ0v) is 21.1. The molecule has 4 unspecified atom stereocenters. The lowest BCUT2D eigenvalue weighted by Gasteiger charge is -2.51. The van der Waals surface area contributed by atoms with E-state index in [2.05, 4.69) is 64.4 Å². The smallest absolute Gasteiger partial charge is 0.242 e. The maximum Gasteiger partial charge on any atom is 0.242 e. The fraction of sp³-hybridized carbons (Fsp3) is 0.750. The summed E-state index contributed by atoms with van der Waals surface area (Å²) in [6.07, 6.45) is 8.41. The van der Waals surface area contributed by atoms with E-state index in [0.717, 1.165) is 23.5 Å². The number of benzene rings is 1. The molecule has 0 radical (unpaired) electrons. The first kappa shape index (κ1) is 20.7. The lowest BCUT2D eigenvalue weighted by molar-refractivity contribution is -0.0140. The number of rotatable bonds is 4. The van der Waals surface area contributed by atoms with Crippen molar-refractivity contribution in [3.05, 3.63) is 29.3 Å². The van der Waals surface area contributed by atoms with Crippen molar-refractivity contribution in [2.45, 2.75) is 96.8 Å². The van der Waals surface area contributed by atoms with Crippen LogP contribution < -0.4 is 4.43 Å². The normalized spacial score (nSPS) is 35.1. The quantitative estimate of drug-likeness (QED) is 0.493. The highest BCUT2D eigenvalue weighted by molar-refractivity contribution is 6.70. The average Bonchev–Trinajstić information content (AvgIpc) is 2.88. The molecule has 0 heterocycles. The molecule has 2 nitrogen and oxygen atoms in total. The highest BCUT2D eigenvalue weighted by Crippen LogP contribution is 2.61. The summed E-state index contributed by atoms with van der Waals surface area (Å²) in [5, 5.41) is 0. The fourth-order valence-corrected chi connectivity index (χ4v) is 8.62. The van der Waals surface area contributed by atoms with Gasteiger partial charge in [-0.05, 0) is 124 Å². The van der Waals surface area contributed by atoms with Gasteiger partial charge in [-0.15, -0.1) is 0 Å². The molecule has 0 saturated heterocycles. The van der Waals surface area contributed by atoms with Gasteiger partial charge in [0.25, 0.3) is 0 Å². The van der Waals surface area contributed by atoms with E-state index in [0.29, 0.717) is 11.5 Å². The van der Waals surface area contributed by atoms with Gasteiger partial charge in [0.05, 0.1) is 6.10 Å².